The normalized spacial score (nSPS) is 10.7. The Morgan fingerprint density at radius 1 is 1.25 bits per heavy atom. The molecule has 0 aliphatic heterocycles. The predicted octanol–water partition coefficient (Wildman–Crippen LogP) is 3.86. The van der Waals surface area contributed by atoms with Gasteiger partial charge in [0.25, 0.3) is 0 Å². The van der Waals surface area contributed by atoms with Gasteiger partial charge in [0, 0.05) is 10.9 Å². The molecule has 0 aromatic carbocycles. The Kier molecular flexibility index (Phi) is 3.74. The molecular weight excluding hydrogens is 265 g/mol. The number of halogens is 2. The molecule has 16 heavy (non-hydrogen) atoms. The molecule has 0 spiro atoms. The van der Waals surface area contributed by atoms with E-state index >= 15 is 0 Å². The maximum atomic E-state index is 6.07. The quantitative estimate of drug-likeness (QED) is 0.798. The number of aromatic nitrogens is 3. The lowest BCUT2D eigenvalue weighted by Gasteiger charge is -2.05. The molecule has 2 aromatic rings. The summed E-state index contributed by atoms with van der Waals surface area (Å²) in [5, 5.41) is 2.70. The molecule has 3 nitrogen and oxygen atoms in total. The van der Waals surface area contributed by atoms with E-state index in [-0.39, 0.29) is 0 Å². The number of nitrogens with zero attached hydrogens (tertiary/aromatic N) is 3. The minimum atomic E-state index is 0.421. The molecular formula is C10H9Cl2N3S. The van der Waals surface area contributed by atoms with Gasteiger partial charge >= 0.3 is 0 Å². The zero-order chi connectivity index (χ0) is 11.5. The van der Waals surface area contributed by atoms with E-state index in [0.717, 1.165) is 18.4 Å². The summed E-state index contributed by atoms with van der Waals surface area (Å²) >= 11 is 13.6. The molecule has 2 rings (SSSR count). The van der Waals surface area contributed by atoms with Gasteiger partial charge in [-0.05, 0) is 6.42 Å². The van der Waals surface area contributed by atoms with Crippen LogP contribution in [0.1, 0.15) is 18.9 Å². The Morgan fingerprint density at radius 3 is 2.44 bits per heavy atom. The summed E-state index contributed by atoms with van der Waals surface area (Å²) in [4.78, 5) is 12.5. The van der Waals surface area contributed by atoms with Crippen LogP contribution in [0.25, 0.3) is 11.5 Å². The first-order chi connectivity index (χ1) is 7.72. The standard InChI is InChI=1S/C10H9Cl2N3S/c1-2-3-6-8(11)14-10(15-9(6)12)7-4-16-5-13-7/h4-5H,2-3H2,1H3. The topological polar surface area (TPSA) is 38.7 Å². The first-order valence-corrected chi connectivity index (χ1v) is 6.52. The molecule has 0 saturated carbocycles. The maximum Gasteiger partial charge on any atom is 0.181 e. The summed E-state index contributed by atoms with van der Waals surface area (Å²) < 4.78 is 0. The van der Waals surface area contributed by atoms with E-state index in [9.17, 15) is 0 Å². The Balaban J connectivity index is 2.45. The van der Waals surface area contributed by atoms with Crippen molar-refractivity contribution >= 4 is 34.5 Å². The van der Waals surface area contributed by atoms with Crippen molar-refractivity contribution in [1.82, 2.24) is 15.0 Å². The third kappa shape index (κ3) is 2.34. The molecule has 0 aliphatic carbocycles. The van der Waals surface area contributed by atoms with E-state index in [0.29, 0.717) is 21.8 Å². The second-order valence-corrected chi connectivity index (χ2v) is 4.67. The number of hydrogen-bond acceptors (Lipinski definition) is 4. The highest BCUT2D eigenvalue weighted by Crippen LogP contribution is 2.26. The summed E-state index contributed by atoms with van der Waals surface area (Å²) in [6.07, 6.45) is 1.74. The van der Waals surface area contributed by atoms with Gasteiger partial charge in [0.2, 0.25) is 0 Å². The van der Waals surface area contributed by atoms with Gasteiger partial charge in [-0.1, -0.05) is 36.5 Å². The fourth-order valence-corrected chi connectivity index (χ4v) is 2.43. The van der Waals surface area contributed by atoms with Gasteiger partial charge in [0.05, 0.1) is 5.51 Å². The summed E-state index contributed by atoms with van der Waals surface area (Å²) in [5.41, 5.74) is 3.24. The molecule has 2 aromatic heterocycles. The number of hydrogen-bond donors (Lipinski definition) is 0. The zero-order valence-electron chi connectivity index (χ0n) is 8.57. The molecule has 0 amide bonds. The van der Waals surface area contributed by atoms with Gasteiger partial charge < -0.3 is 0 Å². The van der Waals surface area contributed by atoms with Crippen LogP contribution in [0.4, 0.5) is 0 Å². The first-order valence-electron chi connectivity index (χ1n) is 4.82. The monoisotopic (exact) mass is 273 g/mol. The summed E-state index contributed by atoms with van der Waals surface area (Å²) in [5.74, 6) is 0.483. The van der Waals surface area contributed by atoms with Gasteiger partial charge in [-0.3, -0.25) is 0 Å². The highest BCUT2D eigenvalue weighted by Gasteiger charge is 2.12. The second-order valence-electron chi connectivity index (χ2n) is 3.23. The van der Waals surface area contributed by atoms with Crippen LogP contribution in [-0.2, 0) is 6.42 Å². The first kappa shape index (κ1) is 11.8. The minimum absolute atomic E-state index is 0.421. The molecule has 6 heteroatoms. The van der Waals surface area contributed by atoms with Crippen molar-refractivity contribution in [2.45, 2.75) is 19.8 Å². The van der Waals surface area contributed by atoms with Crippen LogP contribution >= 0.6 is 34.5 Å². The maximum absolute atomic E-state index is 6.07. The van der Waals surface area contributed by atoms with Crippen LogP contribution in [0, 0.1) is 0 Å². The van der Waals surface area contributed by atoms with Crippen molar-refractivity contribution < 1.29 is 0 Å². The van der Waals surface area contributed by atoms with Crippen molar-refractivity contribution in [3.63, 3.8) is 0 Å². The molecule has 0 atom stereocenters. The average Bonchev–Trinajstić information content (AvgIpc) is 2.76. The third-order valence-corrected chi connectivity index (χ3v) is 3.28. The fraction of sp³-hybridized carbons (Fsp3) is 0.300. The van der Waals surface area contributed by atoms with Gasteiger partial charge in [0.15, 0.2) is 5.82 Å². The smallest absolute Gasteiger partial charge is 0.181 e. The average molecular weight is 274 g/mol. The lowest BCUT2D eigenvalue weighted by atomic mass is 10.2. The van der Waals surface area contributed by atoms with Crippen molar-refractivity contribution in [3.8, 4) is 11.5 Å². The van der Waals surface area contributed by atoms with E-state index in [1.165, 1.54) is 11.3 Å². The molecule has 84 valence electrons. The van der Waals surface area contributed by atoms with Crippen LogP contribution in [-0.4, -0.2) is 15.0 Å². The fourth-order valence-electron chi connectivity index (χ4n) is 1.32. The van der Waals surface area contributed by atoms with Gasteiger partial charge in [-0.15, -0.1) is 11.3 Å². The molecule has 0 saturated heterocycles. The molecule has 2 heterocycles. The molecule has 0 N–H and O–H groups in total. The lowest BCUT2D eigenvalue weighted by molar-refractivity contribution is 0.902. The Bertz CT molecular complexity index is 462. The van der Waals surface area contributed by atoms with E-state index in [1.54, 1.807) is 5.51 Å². The van der Waals surface area contributed by atoms with Gasteiger partial charge in [-0.2, -0.15) is 0 Å². The Hall–Kier alpha value is -0.710. The van der Waals surface area contributed by atoms with Gasteiger partial charge in [0.1, 0.15) is 16.0 Å². The Morgan fingerprint density at radius 2 is 1.94 bits per heavy atom. The summed E-state index contributed by atoms with van der Waals surface area (Å²) in [6, 6.07) is 0. The van der Waals surface area contributed by atoms with Crippen LogP contribution in [0.2, 0.25) is 10.3 Å². The van der Waals surface area contributed by atoms with Gasteiger partial charge in [-0.25, -0.2) is 15.0 Å². The van der Waals surface area contributed by atoms with Crippen molar-refractivity contribution in [3.05, 3.63) is 26.8 Å². The van der Waals surface area contributed by atoms with E-state index in [2.05, 4.69) is 21.9 Å². The zero-order valence-corrected chi connectivity index (χ0v) is 10.9. The molecule has 0 radical (unpaired) electrons. The highest BCUT2D eigenvalue weighted by atomic mass is 35.5. The molecule has 0 bridgehead atoms. The van der Waals surface area contributed by atoms with E-state index in [1.807, 2.05) is 5.38 Å². The molecule has 0 fully saturated rings. The lowest BCUT2D eigenvalue weighted by Crippen LogP contribution is -1.97. The largest absolute Gasteiger partial charge is 0.241 e. The Labute approximate surface area is 107 Å². The van der Waals surface area contributed by atoms with Crippen LogP contribution in [0.3, 0.4) is 0 Å². The SMILES string of the molecule is CCCc1c(Cl)nc(-c2cscn2)nc1Cl. The predicted molar refractivity (Wildman–Crippen MR) is 67.2 cm³/mol. The van der Waals surface area contributed by atoms with Crippen molar-refractivity contribution in [1.29, 1.82) is 0 Å². The van der Waals surface area contributed by atoms with Crippen LogP contribution in [0.15, 0.2) is 10.9 Å². The molecule has 0 aliphatic rings. The summed E-state index contributed by atoms with van der Waals surface area (Å²) in [6.45, 7) is 2.06. The number of thiazole rings is 1. The minimum Gasteiger partial charge on any atom is -0.241 e. The third-order valence-electron chi connectivity index (χ3n) is 2.07. The van der Waals surface area contributed by atoms with Crippen LogP contribution in [0.5, 0.6) is 0 Å². The highest BCUT2D eigenvalue weighted by molar-refractivity contribution is 7.07. The number of rotatable bonds is 3. The van der Waals surface area contributed by atoms with E-state index in [4.69, 9.17) is 23.2 Å². The van der Waals surface area contributed by atoms with E-state index < -0.39 is 0 Å². The second kappa shape index (κ2) is 5.08. The molecule has 0 unspecified atom stereocenters. The van der Waals surface area contributed by atoms with Crippen LogP contribution < -0.4 is 0 Å². The van der Waals surface area contributed by atoms with Crippen molar-refractivity contribution in [2.24, 2.45) is 0 Å². The summed E-state index contributed by atoms with van der Waals surface area (Å²) in [7, 11) is 0. The van der Waals surface area contributed by atoms with Crippen molar-refractivity contribution in [2.75, 3.05) is 0 Å².